The number of rotatable bonds is 4. The van der Waals surface area contributed by atoms with E-state index in [1.807, 2.05) is 13.8 Å². The van der Waals surface area contributed by atoms with Crippen LogP contribution in [0.15, 0.2) is 6.07 Å². The van der Waals surface area contributed by atoms with Gasteiger partial charge in [0, 0.05) is 17.1 Å². The molecule has 0 spiro atoms. The number of carbonyl (C=O) groups excluding carboxylic acids is 2. The molecule has 24 heavy (non-hydrogen) atoms. The fourth-order valence-corrected chi connectivity index (χ4v) is 4.62. The Bertz CT molecular complexity index is 806. The number of nitrogens with two attached hydrogens (primary N) is 1. The Morgan fingerprint density at radius 2 is 2.25 bits per heavy atom. The van der Waals surface area contributed by atoms with Crippen molar-refractivity contribution in [3.63, 3.8) is 0 Å². The predicted octanol–water partition coefficient (Wildman–Crippen LogP) is 2.75. The van der Waals surface area contributed by atoms with E-state index in [0.29, 0.717) is 28.7 Å². The number of nitrogens with one attached hydrogen (secondary N) is 1. The molecule has 2 aromatic heterocycles. The Morgan fingerprint density at radius 1 is 1.50 bits per heavy atom. The number of aromatic nitrogens is 2. The standard InChI is InChI=1S/C17H22N4O2S/c1-4-21-10(3)8-12(20-21)16(23)19-17-14(15(18)22)11-6-5-9(2)7-13(11)24-17/h8-9H,4-7H2,1-3H3,(H2,18,22)(H,19,23). The van der Waals surface area contributed by atoms with Gasteiger partial charge in [0.25, 0.3) is 11.8 Å². The van der Waals surface area contributed by atoms with E-state index in [1.165, 1.54) is 11.3 Å². The number of hydrogen-bond acceptors (Lipinski definition) is 4. The highest BCUT2D eigenvalue weighted by Gasteiger charge is 2.27. The van der Waals surface area contributed by atoms with Gasteiger partial charge in [-0.3, -0.25) is 14.3 Å². The number of thiophene rings is 1. The van der Waals surface area contributed by atoms with Gasteiger partial charge >= 0.3 is 0 Å². The molecule has 0 radical (unpaired) electrons. The van der Waals surface area contributed by atoms with Crippen molar-refractivity contribution in [1.29, 1.82) is 0 Å². The number of carbonyl (C=O) groups is 2. The summed E-state index contributed by atoms with van der Waals surface area (Å²) in [4.78, 5) is 25.6. The summed E-state index contributed by atoms with van der Waals surface area (Å²) in [6, 6.07) is 1.75. The number of fused-ring (bicyclic) bond motifs is 1. The molecule has 0 aromatic carbocycles. The molecule has 128 valence electrons. The normalized spacial score (nSPS) is 16.7. The van der Waals surface area contributed by atoms with Gasteiger partial charge in [-0.15, -0.1) is 11.3 Å². The molecule has 2 aromatic rings. The third kappa shape index (κ3) is 2.96. The predicted molar refractivity (Wildman–Crippen MR) is 94.6 cm³/mol. The highest BCUT2D eigenvalue weighted by atomic mass is 32.1. The van der Waals surface area contributed by atoms with Gasteiger partial charge in [-0.1, -0.05) is 6.92 Å². The number of anilines is 1. The maximum absolute atomic E-state index is 12.5. The first kappa shape index (κ1) is 16.7. The number of primary amides is 1. The number of nitrogens with zero attached hydrogens (tertiary/aromatic N) is 2. The fraction of sp³-hybridized carbons (Fsp3) is 0.471. The van der Waals surface area contributed by atoms with Gasteiger partial charge in [0.2, 0.25) is 0 Å². The Morgan fingerprint density at radius 3 is 2.88 bits per heavy atom. The minimum atomic E-state index is -0.479. The van der Waals surface area contributed by atoms with E-state index in [4.69, 9.17) is 5.73 Å². The van der Waals surface area contributed by atoms with E-state index in [-0.39, 0.29) is 5.91 Å². The minimum absolute atomic E-state index is 0.306. The molecule has 3 rings (SSSR count). The smallest absolute Gasteiger partial charge is 0.276 e. The average molecular weight is 346 g/mol. The van der Waals surface area contributed by atoms with Crippen LogP contribution >= 0.6 is 11.3 Å². The Labute approximate surface area is 145 Å². The quantitative estimate of drug-likeness (QED) is 0.892. The van der Waals surface area contributed by atoms with Gasteiger partial charge in [-0.05, 0) is 50.7 Å². The molecule has 1 aliphatic carbocycles. The topological polar surface area (TPSA) is 90.0 Å². The maximum atomic E-state index is 12.5. The molecule has 0 fully saturated rings. The van der Waals surface area contributed by atoms with Crippen molar-refractivity contribution in [1.82, 2.24) is 9.78 Å². The van der Waals surface area contributed by atoms with Crippen molar-refractivity contribution in [2.24, 2.45) is 11.7 Å². The zero-order chi connectivity index (χ0) is 17.4. The first-order chi connectivity index (χ1) is 11.4. The van der Waals surface area contributed by atoms with Gasteiger partial charge in [0.1, 0.15) is 5.00 Å². The third-order valence-corrected chi connectivity index (χ3v) is 5.67. The van der Waals surface area contributed by atoms with Crippen LogP contribution in [0.2, 0.25) is 0 Å². The average Bonchev–Trinajstić information content (AvgIpc) is 3.06. The molecule has 0 saturated carbocycles. The summed E-state index contributed by atoms with van der Waals surface area (Å²) in [6.45, 7) is 6.79. The van der Waals surface area contributed by atoms with Crippen molar-refractivity contribution in [3.8, 4) is 0 Å². The van der Waals surface area contributed by atoms with E-state index in [1.54, 1.807) is 10.7 Å². The SMILES string of the molecule is CCn1nc(C(=O)Nc2sc3c(c2C(N)=O)CCC(C)C3)cc1C. The number of aryl methyl sites for hydroxylation is 2. The van der Waals surface area contributed by atoms with Crippen molar-refractivity contribution >= 4 is 28.2 Å². The van der Waals surface area contributed by atoms with Crippen LogP contribution in [0.3, 0.4) is 0 Å². The van der Waals surface area contributed by atoms with Crippen LogP contribution in [0.5, 0.6) is 0 Å². The lowest BCUT2D eigenvalue weighted by atomic mass is 9.88. The molecule has 7 heteroatoms. The molecule has 1 unspecified atom stereocenters. The van der Waals surface area contributed by atoms with E-state index in [0.717, 1.165) is 35.4 Å². The van der Waals surface area contributed by atoms with Crippen LogP contribution in [0.25, 0.3) is 0 Å². The summed E-state index contributed by atoms with van der Waals surface area (Å²) in [5, 5.41) is 7.68. The van der Waals surface area contributed by atoms with Crippen LogP contribution in [-0.4, -0.2) is 21.6 Å². The molecule has 1 aliphatic rings. The summed E-state index contributed by atoms with van der Waals surface area (Å²) >= 11 is 1.47. The molecule has 1 atom stereocenters. The lowest BCUT2D eigenvalue weighted by molar-refractivity contribution is 0.1000. The van der Waals surface area contributed by atoms with Gasteiger partial charge in [0.05, 0.1) is 5.56 Å². The Hall–Kier alpha value is -2.15. The Balaban J connectivity index is 1.91. The largest absolute Gasteiger partial charge is 0.365 e. The lowest BCUT2D eigenvalue weighted by Crippen LogP contribution is -2.19. The molecule has 2 amide bonds. The lowest BCUT2D eigenvalue weighted by Gasteiger charge is -2.18. The highest BCUT2D eigenvalue weighted by molar-refractivity contribution is 7.17. The molecule has 3 N–H and O–H groups in total. The Kier molecular flexibility index (Phi) is 4.45. The molecular formula is C17H22N4O2S. The second kappa shape index (κ2) is 6.39. The molecule has 0 saturated heterocycles. The minimum Gasteiger partial charge on any atom is -0.365 e. The molecule has 0 aliphatic heterocycles. The fourth-order valence-electron chi connectivity index (χ4n) is 3.21. The first-order valence-corrected chi connectivity index (χ1v) is 9.02. The third-order valence-electron chi connectivity index (χ3n) is 4.50. The van der Waals surface area contributed by atoms with Crippen molar-refractivity contribution < 1.29 is 9.59 Å². The van der Waals surface area contributed by atoms with E-state index in [9.17, 15) is 9.59 Å². The molecular weight excluding hydrogens is 324 g/mol. The van der Waals surface area contributed by atoms with E-state index >= 15 is 0 Å². The summed E-state index contributed by atoms with van der Waals surface area (Å²) in [7, 11) is 0. The van der Waals surface area contributed by atoms with Gasteiger partial charge < -0.3 is 11.1 Å². The van der Waals surface area contributed by atoms with Gasteiger partial charge in [-0.25, -0.2) is 0 Å². The van der Waals surface area contributed by atoms with Crippen LogP contribution < -0.4 is 11.1 Å². The van der Waals surface area contributed by atoms with Crippen molar-refractivity contribution in [2.45, 2.75) is 46.6 Å². The number of hydrogen-bond donors (Lipinski definition) is 2. The first-order valence-electron chi connectivity index (χ1n) is 8.20. The highest BCUT2D eigenvalue weighted by Crippen LogP contribution is 2.39. The van der Waals surface area contributed by atoms with Crippen LogP contribution in [0.1, 0.15) is 57.2 Å². The monoisotopic (exact) mass is 346 g/mol. The van der Waals surface area contributed by atoms with Crippen LogP contribution in [0, 0.1) is 12.8 Å². The van der Waals surface area contributed by atoms with Crippen molar-refractivity contribution in [3.05, 3.63) is 33.5 Å². The molecule has 2 heterocycles. The molecule has 0 bridgehead atoms. The maximum Gasteiger partial charge on any atom is 0.276 e. The van der Waals surface area contributed by atoms with Crippen LogP contribution in [0.4, 0.5) is 5.00 Å². The second-order valence-corrected chi connectivity index (χ2v) is 7.47. The number of amides is 2. The zero-order valence-electron chi connectivity index (χ0n) is 14.2. The van der Waals surface area contributed by atoms with E-state index < -0.39 is 5.91 Å². The summed E-state index contributed by atoms with van der Waals surface area (Å²) in [5.41, 5.74) is 8.34. The zero-order valence-corrected chi connectivity index (χ0v) is 15.0. The van der Waals surface area contributed by atoms with Gasteiger partial charge in [-0.2, -0.15) is 5.10 Å². The molecule has 6 nitrogen and oxygen atoms in total. The van der Waals surface area contributed by atoms with Gasteiger partial charge in [0.15, 0.2) is 5.69 Å². The second-order valence-electron chi connectivity index (χ2n) is 6.36. The summed E-state index contributed by atoms with van der Waals surface area (Å²) in [6.07, 6.45) is 2.81. The summed E-state index contributed by atoms with van der Waals surface area (Å²) < 4.78 is 1.77. The summed E-state index contributed by atoms with van der Waals surface area (Å²) in [5.74, 6) is -0.199. The van der Waals surface area contributed by atoms with Crippen molar-refractivity contribution in [2.75, 3.05) is 5.32 Å². The van der Waals surface area contributed by atoms with Crippen LogP contribution in [-0.2, 0) is 19.4 Å². The van der Waals surface area contributed by atoms with E-state index in [2.05, 4.69) is 17.3 Å².